The normalized spacial score (nSPS) is 11.9. The van der Waals surface area contributed by atoms with Gasteiger partial charge in [0.1, 0.15) is 11.3 Å². The van der Waals surface area contributed by atoms with E-state index in [1.165, 1.54) is 5.56 Å². The Balaban J connectivity index is 1.52. The molecule has 1 heterocycles. The van der Waals surface area contributed by atoms with Gasteiger partial charge in [-0.05, 0) is 49.6 Å². The van der Waals surface area contributed by atoms with Gasteiger partial charge in [0, 0.05) is 11.6 Å². The molecule has 0 spiro atoms. The number of nitrogens with zero attached hydrogens (tertiary/aromatic N) is 1. The lowest BCUT2D eigenvalue weighted by Gasteiger charge is -2.14. The summed E-state index contributed by atoms with van der Waals surface area (Å²) in [6.45, 7) is 1.73. The first-order valence-electron chi connectivity index (χ1n) is 8.53. The summed E-state index contributed by atoms with van der Waals surface area (Å²) in [7, 11) is 0. The number of esters is 1. The highest BCUT2D eigenvalue weighted by Gasteiger charge is 2.13. The van der Waals surface area contributed by atoms with Crippen LogP contribution < -0.4 is 4.74 Å². The molecule has 1 unspecified atom stereocenters. The zero-order valence-electron chi connectivity index (χ0n) is 14.5. The van der Waals surface area contributed by atoms with E-state index in [9.17, 15) is 4.79 Å². The minimum absolute atomic E-state index is 0.164. The highest BCUT2D eigenvalue weighted by molar-refractivity contribution is 6.35. The molecular formula is C21H20ClNO3. The van der Waals surface area contributed by atoms with E-state index in [1.807, 2.05) is 31.2 Å². The van der Waals surface area contributed by atoms with Crippen LogP contribution in [-0.4, -0.2) is 23.7 Å². The van der Waals surface area contributed by atoms with Crippen molar-refractivity contribution in [1.29, 1.82) is 0 Å². The summed E-state index contributed by atoms with van der Waals surface area (Å²) in [5.41, 5.74) is 1.86. The number of ether oxygens (including phenoxy) is 2. The lowest BCUT2D eigenvalue weighted by molar-refractivity contribution is -0.150. The van der Waals surface area contributed by atoms with E-state index < -0.39 is 5.97 Å². The number of carbonyl (C=O) groups excluding carboxylic acids is 1. The van der Waals surface area contributed by atoms with Crippen LogP contribution in [0.1, 0.15) is 18.9 Å². The number of aryl methyl sites for hydroxylation is 1. The third kappa shape index (κ3) is 4.73. The second-order valence-electron chi connectivity index (χ2n) is 6.06. The van der Waals surface area contributed by atoms with Gasteiger partial charge in [0.15, 0.2) is 6.61 Å². The van der Waals surface area contributed by atoms with Crippen LogP contribution in [-0.2, 0) is 16.0 Å². The van der Waals surface area contributed by atoms with Crippen LogP contribution in [0, 0.1) is 0 Å². The van der Waals surface area contributed by atoms with Crippen LogP contribution in [0.5, 0.6) is 5.75 Å². The third-order valence-electron chi connectivity index (χ3n) is 4.04. The SMILES string of the molecule is CC(CCc1ccccc1)OC(=O)COc1ccc(Cl)c2cccnc12. The number of aromatic nitrogens is 1. The topological polar surface area (TPSA) is 48.4 Å². The zero-order valence-corrected chi connectivity index (χ0v) is 15.3. The van der Waals surface area contributed by atoms with Gasteiger partial charge in [-0.15, -0.1) is 0 Å². The van der Waals surface area contributed by atoms with Gasteiger partial charge in [-0.25, -0.2) is 4.79 Å². The van der Waals surface area contributed by atoms with Gasteiger partial charge in [-0.3, -0.25) is 4.98 Å². The Bertz CT molecular complexity index is 883. The molecule has 4 nitrogen and oxygen atoms in total. The second-order valence-corrected chi connectivity index (χ2v) is 6.47. The van der Waals surface area contributed by atoms with Gasteiger partial charge < -0.3 is 9.47 Å². The molecule has 3 rings (SSSR count). The predicted octanol–water partition coefficient (Wildman–Crippen LogP) is 4.83. The Morgan fingerprint density at radius 3 is 2.73 bits per heavy atom. The summed E-state index contributed by atoms with van der Waals surface area (Å²) in [5, 5.41) is 1.38. The minimum Gasteiger partial charge on any atom is -0.480 e. The van der Waals surface area contributed by atoms with Gasteiger partial charge in [-0.2, -0.15) is 0 Å². The summed E-state index contributed by atoms with van der Waals surface area (Å²) < 4.78 is 11.0. The van der Waals surface area contributed by atoms with Crippen molar-refractivity contribution in [3.05, 3.63) is 71.4 Å². The Hall–Kier alpha value is -2.59. The van der Waals surface area contributed by atoms with E-state index in [1.54, 1.807) is 24.4 Å². The smallest absolute Gasteiger partial charge is 0.344 e. The van der Waals surface area contributed by atoms with Gasteiger partial charge in [-0.1, -0.05) is 41.9 Å². The number of benzene rings is 2. The van der Waals surface area contributed by atoms with Crippen molar-refractivity contribution >= 4 is 28.5 Å². The number of rotatable bonds is 7. The molecule has 0 aliphatic carbocycles. The average molecular weight is 370 g/mol. The third-order valence-corrected chi connectivity index (χ3v) is 4.37. The molecule has 0 amide bonds. The van der Waals surface area contributed by atoms with E-state index in [-0.39, 0.29) is 12.7 Å². The first-order valence-corrected chi connectivity index (χ1v) is 8.90. The quantitative estimate of drug-likeness (QED) is 0.559. The molecule has 0 fully saturated rings. The van der Waals surface area contributed by atoms with Gasteiger partial charge in [0.05, 0.1) is 11.1 Å². The van der Waals surface area contributed by atoms with E-state index in [2.05, 4.69) is 17.1 Å². The van der Waals surface area contributed by atoms with E-state index in [0.29, 0.717) is 16.3 Å². The lowest BCUT2D eigenvalue weighted by atomic mass is 10.1. The Morgan fingerprint density at radius 1 is 1.12 bits per heavy atom. The first kappa shape index (κ1) is 18.2. The number of fused-ring (bicyclic) bond motifs is 1. The summed E-state index contributed by atoms with van der Waals surface area (Å²) in [6, 6.07) is 17.2. The molecule has 0 aliphatic heterocycles. The molecule has 1 aromatic heterocycles. The summed E-state index contributed by atoms with van der Waals surface area (Å²) in [5.74, 6) is 0.114. The van der Waals surface area contributed by atoms with Crippen molar-refractivity contribution in [2.24, 2.45) is 0 Å². The number of hydrogen-bond acceptors (Lipinski definition) is 4. The van der Waals surface area contributed by atoms with Crippen molar-refractivity contribution in [3.63, 3.8) is 0 Å². The van der Waals surface area contributed by atoms with E-state index >= 15 is 0 Å². The fourth-order valence-corrected chi connectivity index (χ4v) is 2.91. The second kappa shape index (κ2) is 8.68. The molecule has 0 radical (unpaired) electrons. The van der Waals surface area contributed by atoms with Crippen LogP contribution >= 0.6 is 11.6 Å². The van der Waals surface area contributed by atoms with Crippen molar-refractivity contribution in [2.75, 3.05) is 6.61 Å². The number of pyridine rings is 1. The molecule has 5 heteroatoms. The summed E-state index contributed by atoms with van der Waals surface area (Å²) in [6.07, 6.45) is 3.12. The van der Waals surface area contributed by atoms with Crippen LogP contribution in [0.15, 0.2) is 60.8 Å². The number of hydrogen-bond donors (Lipinski definition) is 0. The molecule has 134 valence electrons. The Kier molecular flexibility index (Phi) is 6.08. The Morgan fingerprint density at radius 2 is 1.92 bits per heavy atom. The number of halogens is 1. The van der Waals surface area contributed by atoms with Gasteiger partial charge in [0.25, 0.3) is 0 Å². The van der Waals surface area contributed by atoms with Crippen molar-refractivity contribution in [3.8, 4) is 5.75 Å². The summed E-state index contributed by atoms with van der Waals surface area (Å²) >= 11 is 6.16. The minimum atomic E-state index is -0.399. The molecule has 0 N–H and O–H groups in total. The van der Waals surface area contributed by atoms with Crippen LogP contribution in [0.25, 0.3) is 10.9 Å². The molecule has 0 bridgehead atoms. The standard InChI is InChI=1S/C21H20ClNO3/c1-15(9-10-16-6-3-2-4-7-16)26-20(24)14-25-19-12-11-18(22)17-8-5-13-23-21(17)19/h2-8,11-13,15H,9-10,14H2,1H3. The van der Waals surface area contributed by atoms with Crippen LogP contribution in [0.3, 0.4) is 0 Å². The zero-order chi connectivity index (χ0) is 18.4. The molecule has 26 heavy (non-hydrogen) atoms. The molecule has 0 saturated carbocycles. The maximum absolute atomic E-state index is 12.0. The highest BCUT2D eigenvalue weighted by atomic mass is 35.5. The monoisotopic (exact) mass is 369 g/mol. The maximum Gasteiger partial charge on any atom is 0.344 e. The van der Waals surface area contributed by atoms with Gasteiger partial charge in [0.2, 0.25) is 0 Å². The fraction of sp³-hybridized carbons (Fsp3) is 0.238. The molecular weight excluding hydrogens is 350 g/mol. The first-order chi connectivity index (χ1) is 12.6. The molecule has 2 aromatic carbocycles. The average Bonchev–Trinajstić information content (AvgIpc) is 2.67. The number of carbonyl (C=O) groups is 1. The molecule has 1 atom stereocenters. The lowest BCUT2D eigenvalue weighted by Crippen LogP contribution is -2.21. The van der Waals surface area contributed by atoms with Crippen molar-refractivity contribution in [2.45, 2.75) is 25.9 Å². The van der Waals surface area contributed by atoms with E-state index in [0.717, 1.165) is 18.2 Å². The molecule has 0 aliphatic rings. The largest absolute Gasteiger partial charge is 0.480 e. The van der Waals surface area contributed by atoms with E-state index in [4.69, 9.17) is 21.1 Å². The fourth-order valence-electron chi connectivity index (χ4n) is 2.70. The maximum atomic E-state index is 12.0. The van der Waals surface area contributed by atoms with Crippen LogP contribution in [0.2, 0.25) is 5.02 Å². The molecule has 0 saturated heterocycles. The molecule has 3 aromatic rings. The van der Waals surface area contributed by atoms with Crippen LogP contribution in [0.4, 0.5) is 0 Å². The van der Waals surface area contributed by atoms with Crippen molar-refractivity contribution in [1.82, 2.24) is 4.98 Å². The van der Waals surface area contributed by atoms with Gasteiger partial charge >= 0.3 is 5.97 Å². The van der Waals surface area contributed by atoms with Crippen molar-refractivity contribution < 1.29 is 14.3 Å². The summed E-state index contributed by atoms with van der Waals surface area (Å²) in [4.78, 5) is 16.3. The predicted molar refractivity (Wildman–Crippen MR) is 103 cm³/mol. The Labute approximate surface area is 157 Å². The highest BCUT2D eigenvalue weighted by Crippen LogP contribution is 2.29.